The van der Waals surface area contributed by atoms with E-state index in [0.29, 0.717) is 5.11 Å². The largest absolute Gasteiger partial charge is 0.468 e. The lowest BCUT2D eigenvalue weighted by molar-refractivity contribution is 0.0243. The van der Waals surface area contributed by atoms with E-state index in [0.717, 1.165) is 22.2 Å². The Kier molecular flexibility index (Phi) is 2.38. The van der Waals surface area contributed by atoms with E-state index in [1.54, 1.807) is 0 Å². The van der Waals surface area contributed by atoms with Crippen molar-refractivity contribution in [1.82, 2.24) is 10.6 Å². The summed E-state index contributed by atoms with van der Waals surface area (Å²) in [6.07, 6.45) is 0.871. The van der Waals surface area contributed by atoms with Gasteiger partial charge in [0.25, 0.3) is 0 Å². The smallest absolute Gasteiger partial charge is 0.181 e. The summed E-state index contributed by atoms with van der Waals surface area (Å²) in [6.45, 7) is 4.10. The third kappa shape index (κ3) is 1.81. The quantitative estimate of drug-likeness (QED) is 0.722. The maximum atomic E-state index is 6.09. The summed E-state index contributed by atoms with van der Waals surface area (Å²) < 4.78 is 7.16. The van der Waals surface area contributed by atoms with Gasteiger partial charge in [0.2, 0.25) is 0 Å². The fraction of sp³-hybridized carbons (Fsp3) is 0.417. The van der Waals surface area contributed by atoms with Gasteiger partial charge in [0.15, 0.2) is 10.8 Å². The van der Waals surface area contributed by atoms with E-state index in [2.05, 4.69) is 45.6 Å². The molecule has 90 valence electrons. The van der Waals surface area contributed by atoms with E-state index in [4.69, 9.17) is 17.0 Å². The van der Waals surface area contributed by atoms with Gasteiger partial charge in [-0.05, 0) is 43.8 Å². The molecule has 2 N–H and O–H groups in total. The summed E-state index contributed by atoms with van der Waals surface area (Å²) in [5.74, 6) is 0.967. The molecule has 1 fully saturated rings. The fourth-order valence-corrected chi connectivity index (χ4v) is 3.51. The highest BCUT2D eigenvalue weighted by molar-refractivity contribution is 9.10. The summed E-state index contributed by atoms with van der Waals surface area (Å²) in [5.41, 5.74) is 1.93. The van der Waals surface area contributed by atoms with Crippen LogP contribution in [0.3, 0.4) is 0 Å². The second kappa shape index (κ2) is 3.59. The molecule has 0 aliphatic carbocycles. The van der Waals surface area contributed by atoms with Crippen LogP contribution in [0, 0.1) is 6.92 Å². The zero-order valence-electron chi connectivity index (χ0n) is 9.63. The molecule has 5 heteroatoms. The van der Waals surface area contributed by atoms with Gasteiger partial charge in [0.05, 0.1) is 6.04 Å². The molecule has 0 spiro atoms. The number of nitrogens with one attached hydrogen (secondary N) is 2. The number of ether oxygens (including phenoxy) is 1. The van der Waals surface area contributed by atoms with Crippen LogP contribution < -0.4 is 15.4 Å². The van der Waals surface area contributed by atoms with Crippen LogP contribution in [0.4, 0.5) is 0 Å². The Balaban J connectivity index is 2.16. The van der Waals surface area contributed by atoms with Crippen molar-refractivity contribution in [2.45, 2.75) is 32.0 Å². The molecule has 17 heavy (non-hydrogen) atoms. The van der Waals surface area contributed by atoms with Gasteiger partial charge in [0.1, 0.15) is 5.75 Å². The predicted molar refractivity (Wildman–Crippen MR) is 74.1 cm³/mol. The highest BCUT2D eigenvalue weighted by Crippen LogP contribution is 2.43. The molecule has 0 radical (unpaired) electrons. The monoisotopic (exact) mass is 312 g/mol. The van der Waals surface area contributed by atoms with E-state index >= 15 is 0 Å². The van der Waals surface area contributed by atoms with E-state index in [1.165, 1.54) is 5.56 Å². The molecule has 2 aliphatic heterocycles. The Morgan fingerprint density at radius 3 is 3.06 bits per heavy atom. The van der Waals surface area contributed by atoms with Gasteiger partial charge in [0, 0.05) is 16.5 Å². The van der Waals surface area contributed by atoms with Gasteiger partial charge in [-0.2, -0.15) is 0 Å². The summed E-state index contributed by atoms with van der Waals surface area (Å²) in [5, 5.41) is 7.16. The average Bonchev–Trinajstić information content (AvgIpc) is 2.19. The van der Waals surface area contributed by atoms with Crippen LogP contribution >= 0.6 is 28.1 Å². The molecule has 2 aliphatic rings. The van der Waals surface area contributed by atoms with E-state index < -0.39 is 5.72 Å². The molecular formula is C12H13BrN2OS. The van der Waals surface area contributed by atoms with Crippen LogP contribution in [0.5, 0.6) is 5.75 Å². The highest BCUT2D eigenvalue weighted by Gasteiger charge is 2.42. The van der Waals surface area contributed by atoms with E-state index in [9.17, 15) is 0 Å². The fourth-order valence-electron chi connectivity index (χ4n) is 2.56. The molecule has 0 aromatic heterocycles. The first kappa shape index (κ1) is 11.3. The third-order valence-corrected chi connectivity index (χ3v) is 3.93. The molecule has 0 saturated carbocycles. The Morgan fingerprint density at radius 2 is 2.29 bits per heavy atom. The zero-order chi connectivity index (χ0) is 12.2. The predicted octanol–water partition coefficient (Wildman–Crippen LogP) is 2.78. The average molecular weight is 313 g/mol. The van der Waals surface area contributed by atoms with Crippen molar-refractivity contribution in [2.24, 2.45) is 0 Å². The minimum absolute atomic E-state index is 0.230. The van der Waals surface area contributed by atoms with Crippen molar-refractivity contribution in [3.8, 4) is 5.75 Å². The van der Waals surface area contributed by atoms with E-state index in [1.807, 2.05) is 6.92 Å². The maximum absolute atomic E-state index is 6.09. The molecule has 1 aromatic rings. The second-order valence-electron chi connectivity index (χ2n) is 4.83. The number of thiocarbonyl (C=S) groups is 1. The number of aryl methyl sites for hydroxylation is 1. The molecule has 2 bridgehead atoms. The topological polar surface area (TPSA) is 33.3 Å². The van der Waals surface area contributed by atoms with Crippen molar-refractivity contribution < 1.29 is 4.74 Å². The summed E-state index contributed by atoms with van der Waals surface area (Å²) in [7, 11) is 0. The van der Waals surface area contributed by atoms with Gasteiger partial charge in [-0.15, -0.1) is 0 Å². The lowest BCUT2D eigenvalue weighted by Crippen LogP contribution is -2.62. The number of fused-ring (bicyclic) bond motifs is 4. The van der Waals surface area contributed by atoms with Crippen molar-refractivity contribution in [1.29, 1.82) is 0 Å². The zero-order valence-corrected chi connectivity index (χ0v) is 12.0. The number of hydrogen-bond donors (Lipinski definition) is 2. The van der Waals surface area contributed by atoms with Crippen LogP contribution in [0.15, 0.2) is 16.6 Å². The number of halogens is 1. The first-order chi connectivity index (χ1) is 7.97. The number of benzene rings is 1. The SMILES string of the molecule is Cc1cc(Br)cc2c1OC1(C)CC2NC(=S)N1. The lowest BCUT2D eigenvalue weighted by atomic mass is 9.90. The molecule has 0 amide bonds. The summed E-state index contributed by atoms with van der Waals surface area (Å²) in [4.78, 5) is 0. The molecule has 1 aromatic carbocycles. The van der Waals surface area contributed by atoms with Crippen molar-refractivity contribution in [2.75, 3.05) is 0 Å². The van der Waals surface area contributed by atoms with Crippen LogP contribution in [-0.2, 0) is 0 Å². The first-order valence-electron chi connectivity index (χ1n) is 5.55. The first-order valence-corrected chi connectivity index (χ1v) is 6.75. The van der Waals surface area contributed by atoms with E-state index in [-0.39, 0.29) is 6.04 Å². The molecule has 1 saturated heterocycles. The molecular weight excluding hydrogens is 300 g/mol. The van der Waals surface area contributed by atoms with Crippen LogP contribution in [0.25, 0.3) is 0 Å². The Hall–Kier alpha value is -0.810. The Morgan fingerprint density at radius 1 is 1.53 bits per heavy atom. The molecule has 3 nitrogen and oxygen atoms in total. The number of rotatable bonds is 0. The van der Waals surface area contributed by atoms with Crippen LogP contribution in [0.1, 0.15) is 30.5 Å². The standard InChI is InChI=1S/C12H13BrN2OS/c1-6-3-7(13)4-8-9-5-12(2,16-10(6)8)15-11(17)14-9/h3-4,9H,5H2,1-2H3,(H2,14,15,17). The third-order valence-electron chi connectivity index (χ3n) is 3.25. The van der Waals surface area contributed by atoms with Gasteiger partial charge in [-0.3, -0.25) is 0 Å². The lowest BCUT2D eigenvalue weighted by Gasteiger charge is -2.46. The number of hydrogen-bond acceptors (Lipinski definition) is 2. The second-order valence-corrected chi connectivity index (χ2v) is 6.15. The Labute approximate surface area is 114 Å². The van der Waals surface area contributed by atoms with Gasteiger partial charge >= 0.3 is 0 Å². The Bertz CT molecular complexity index is 519. The van der Waals surface area contributed by atoms with Gasteiger partial charge in [-0.25, -0.2) is 0 Å². The minimum Gasteiger partial charge on any atom is -0.468 e. The van der Waals surface area contributed by atoms with Gasteiger partial charge in [-0.1, -0.05) is 15.9 Å². The summed E-state index contributed by atoms with van der Waals surface area (Å²) >= 11 is 8.74. The molecule has 2 unspecified atom stereocenters. The minimum atomic E-state index is -0.390. The van der Waals surface area contributed by atoms with Crippen molar-refractivity contribution >= 4 is 33.3 Å². The molecule has 3 rings (SSSR count). The van der Waals surface area contributed by atoms with Crippen molar-refractivity contribution in [3.05, 3.63) is 27.7 Å². The van der Waals surface area contributed by atoms with Gasteiger partial charge < -0.3 is 15.4 Å². The molecule has 2 atom stereocenters. The summed E-state index contributed by atoms with van der Waals surface area (Å²) in [6, 6.07) is 4.41. The van der Waals surface area contributed by atoms with Crippen molar-refractivity contribution in [3.63, 3.8) is 0 Å². The maximum Gasteiger partial charge on any atom is 0.181 e. The normalized spacial score (nSPS) is 29.8. The van der Waals surface area contributed by atoms with Crippen LogP contribution in [-0.4, -0.2) is 10.8 Å². The highest BCUT2D eigenvalue weighted by atomic mass is 79.9. The van der Waals surface area contributed by atoms with Crippen LogP contribution in [0.2, 0.25) is 0 Å². The molecule has 2 heterocycles.